The summed E-state index contributed by atoms with van der Waals surface area (Å²) in [5, 5.41) is 12.2. The van der Waals surface area contributed by atoms with E-state index >= 15 is 0 Å². The molecule has 0 aliphatic carbocycles. The molecule has 0 saturated heterocycles. The summed E-state index contributed by atoms with van der Waals surface area (Å²) < 4.78 is 26.8. The van der Waals surface area contributed by atoms with Crippen LogP contribution in [-0.4, -0.2) is 15.7 Å². The Morgan fingerprint density at radius 2 is 2.17 bits per heavy atom. The fourth-order valence-corrected chi connectivity index (χ4v) is 1.38. The van der Waals surface area contributed by atoms with E-state index in [1.54, 1.807) is 6.07 Å². The Morgan fingerprint density at radius 3 is 2.72 bits per heavy atom. The maximum Gasteiger partial charge on any atom is 0.283 e. The predicted octanol–water partition coefficient (Wildman–Crippen LogP) is 1.30. The van der Waals surface area contributed by atoms with Crippen LogP contribution in [0, 0.1) is 23.0 Å². The minimum absolute atomic E-state index is 0.00544. The molecule has 0 aliphatic rings. The molecule has 0 radical (unpaired) electrons. The first-order valence-corrected chi connectivity index (χ1v) is 4.78. The number of nitrogen functional groups attached to an aromatic ring is 1. The highest BCUT2D eigenvalue weighted by molar-refractivity contribution is 5.97. The molecule has 0 aliphatic heterocycles. The van der Waals surface area contributed by atoms with Gasteiger partial charge in [-0.3, -0.25) is 4.79 Å². The number of aromatic nitrogens is 2. The third kappa shape index (κ3) is 1.80. The van der Waals surface area contributed by atoms with Crippen molar-refractivity contribution >= 4 is 11.7 Å². The Balaban J connectivity index is 2.49. The van der Waals surface area contributed by atoms with Crippen LogP contribution in [0.1, 0.15) is 15.9 Å². The van der Waals surface area contributed by atoms with Gasteiger partial charge in [0.05, 0.1) is 11.8 Å². The quantitative estimate of drug-likeness (QED) is 0.824. The van der Waals surface area contributed by atoms with Gasteiger partial charge in [-0.15, -0.1) is 0 Å². The lowest BCUT2D eigenvalue weighted by Gasteiger charge is -2.04. The second-order valence-corrected chi connectivity index (χ2v) is 3.40. The lowest BCUT2D eigenvalue weighted by Crippen LogP contribution is -2.17. The smallest absolute Gasteiger partial charge is 0.283 e. The molecule has 0 unspecified atom stereocenters. The molecular formula is C11H6F2N4O. The number of anilines is 1. The maximum absolute atomic E-state index is 13.4. The van der Waals surface area contributed by atoms with Gasteiger partial charge in [-0.25, -0.2) is 8.78 Å². The van der Waals surface area contributed by atoms with Gasteiger partial charge in [0.2, 0.25) is 0 Å². The Bertz CT molecular complexity index is 672. The second-order valence-electron chi connectivity index (χ2n) is 3.40. The summed E-state index contributed by atoms with van der Waals surface area (Å²) >= 11 is 0. The molecule has 2 N–H and O–H groups in total. The van der Waals surface area contributed by atoms with Crippen LogP contribution in [0.25, 0.3) is 0 Å². The van der Waals surface area contributed by atoms with E-state index in [9.17, 15) is 13.6 Å². The van der Waals surface area contributed by atoms with Gasteiger partial charge in [-0.2, -0.15) is 15.0 Å². The van der Waals surface area contributed by atoms with Gasteiger partial charge < -0.3 is 5.73 Å². The zero-order valence-corrected chi connectivity index (χ0v) is 8.89. The minimum atomic E-state index is -1.02. The van der Waals surface area contributed by atoms with Gasteiger partial charge >= 0.3 is 0 Å². The number of nitrogens with zero attached hydrogens (tertiary/aromatic N) is 3. The third-order valence-corrected chi connectivity index (χ3v) is 2.28. The molecule has 0 fully saturated rings. The normalized spacial score (nSPS) is 10.1. The van der Waals surface area contributed by atoms with Crippen LogP contribution < -0.4 is 5.73 Å². The SMILES string of the molecule is N#Cc1cnn(C(=O)c2ccc(F)cc2F)c1N. The molecule has 0 spiro atoms. The van der Waals surface area contributed by atoms with E-state index in [1.807, 2.05) is 0 Å². The maximum atomic E-state index is 13.4. The van der Waals surface area contributed by atoms with E-state index in [-0.39, 0.29) is 16.9 Å². The largest absolute Gasteiger partial charge is 0.382 e. The molecule has 2 rings (SSSR count). The number of rotatable bonds is 1. The molecule has 7 heteroatoms. The highest BCUT2D eigenvalue weighted by Crippen LogP contribution is 2.15. The van der Waals surface area contributed by atoms with E-state index < -0.39 is 17.5 Å². The minimum Gasteiger partial charge on any atom is -0.382 e. The van der Waals surface area contributed by atoms with E-state index in [2.05, 4.69) is 5.10 Å². The van der Waals surface area contributed by atoms with Crippen LogP contribution in [0.4, 0.5) is 14.6 Å². The first-order valence-electron chi connectivity index (χ1n) is 4.78. The summed E-state index contributed by atoms with van der Waals surface area (Å²) in [5.41, 5.74) is 5.12. The number of nitrogens with two attached hydrogens (primary N) is 1. The Morgan fingerprint density at radius 1 is 1.44 bits per heavy atom. The number of carbonyl (C=O) groups is 1. The molecule has 1 heterocycles. The molecule has 2 aromatic rings. The van der Waals surface area contributed by atoms with Gasteiger partial charge in [0.15, 0.2) is 0 Å². The van der Waals surface area contributed by atoms with Gasteiger partial charge in [-0.1, -0.05) is 0 Å². The summed E-state index contributed by atoms with van der Waals surface area (Å²) in [7, 11) is 0. The number of hydrogen-bond donors (Lipinski definition) is 1. The Hall–Kier alpha value is -2.75. The topological polar surface area (TPSA) is 84.7 Å². The van der Waals surface area contributed by atoms with Crippen LogP contribution in [0.15, 0.2) is 24.4 Å². The van der Waals surface area contributed by atoms with Crippen molar-refractivity contribution < 1.29 is 13.6 Å². The van der Waals surface area contributed by atoms with Crippen LogP contribution in [0.3, 0.4) is 0 Å². The number of halogens is 2. The molecule has 0 saturated carbocycles. The number of benzene rings is 1. The van der Waals surface area contributed by atoms with Crippen molar-refractivity contribution in [2.75, 3.05) is 5.73 Å². The molecule has 1 aromatic carbocycles. The number of hydrogen-bond acceptors (Lipinski definition) is 4. The van der Waals surface area contributed by atoms with Crippen molar-refractivity contribution in [1.82, 2.24) is 9.78 Å². The van der Waals surface area contributed by atoms with Crippen LogP contribution in [-0.2, 0) is 0 Å². The highest BCUT2D eigenvalue weighted by atomic mass is 19.1. The number of nitriles is 1. The summed E-state index contributed by atoms with van der Waals surface area (Å²) in [5.74, 6) is -2.87. The fraction of sp³-hybridized carbons (Fsp3) is 0. The average molecular weight is 248 g/mol. The summed E-state index contributed by atoms with van der Waals surface area (Å²) in [4.78, 5) is 11.9. The van der Waals surface area contributed by atoms with E-state index in [0.29, 0.717) is 10.7 Å². The fourth-order valence-electron chi connectivity index (χ4n) is 1.38. The van der Waals surface area contributed by atoms with Crippen molar-refractivity contribution in [3.63, 3.8) is 0 Å². The van der Waals surface area contributed by atoms with Gasteiger partial charge in [0.25, 0.3) is 5.91 Å². The van der Waals surface area contributed by atoms with Crippen molar-refractivity contribution in [3.8, 4) is 6.07 Å². The van der Waals surface area contributed by atoms with E-state index in [1.165, 1.54) is 0 Å². The van der Waals surface area contributed by atoms with Gasteiger partial charge in [0, 0.05) is 6.07 Å². The zero-order valence-electron chi connectivity index (χ0n) is 8.89. The molecule has 1 aromatic heterocycles. The van der Waals surface area contributed by atoms with Crippen molar-refractivity contribution in [2.24, 2.45) is 0 Å². The molecule has 0 amide bonds. The zero-order chi connectivity index (χ0) is 13.3. The molecule has 5 nitrogen and oxygen atoms in total. The predicted molar refractivity (Wildman–Crippen MR) is 57.4 cm³/mol. The first kappa shape index (κ1) is 11.7. The van der Waals surface area contributed by atoms with Crippen LogP contribution >= 0.6 is 0 Å². The molecule has 18 heavy (non-hydrogen) atoms. The lowest BCUT2D eigenvalue weighted by atomic mass is 10.2. The Labute approximate surface area is 100 Å². The highest BCUT2D eigenvalue weighted by Gasteiger charge is 2.19. The second kappa shape index (κ2) is 4.25. The van der Waals surface area contributed by atoms with Crippen molar-refractivity contribution in [3.05, 3.63) is 47.2 Å². The van der Waals surface area contributed by atoms with Gasteiger partial charge in [0.1, 0.15) is 29.1 Å². The van der Waals surface area contributed by atoms with Crippen molar-refractivity contribution in [2.45, 2.75) is 0 Å². The average Bonchev–Trinajstić information content (AvgIpc) is 2.69. The van der Waals surface area contributed by atoms with E-state index in [0.717, 1.165) is 18.3 Å². The Kier molecular flexibility index (Phi) is 2.77. The molecule has 0 bridgehead atoms. The monoisotopic (exact) mass is 248 g/mol. The summed E-state index contributed by atoms with van der Waals surface area (Å²) in [6.45, 7) is 0. The molecular weight excluding hydrogens is 242 g/mol. The van der Waals surface area contributed by atoms with Crippen LogP contribution in [0.2, 0.25) is 0 Å². The third-order valence-electron chi connectivity index (χ3n) is 2.28. The number of carbonyl (C=O) groups excluding carboxylic acids is 1. The first-order chi connectivity index (χ1) is 8.54. The lowest BCUT2D eigenvalue weighted by molar-refractivity contribution is 0.0944. The van der Waals surface area contributed by atoms with Gasteiger partial charge in [-0.05, 0) is 12.1 Å². The van der Waals surface area contributed by atoms with Crippen molar-refractivity contribution in [1.29, 1.82) is 5.26 Å². The molecule has 90 valence electrons. The summed E-state index contributed by atoms with van der Waals surface area (Å²) in [6, 6.07) is 4.24. The van der Waals surface area contributed by atoms with Crippen LogP contribution in [0.5, 0.6) is 0 Å². The standard InChI is InChI=1S/C11H6F2N4O/c12-7-1-2-8(9(13)3-7)11(18)17-10(15)6(4-14)5-16-17/h1-3,5H,15H2. The van der Waals surface area contributed by atoms with E-state index in [4.69, 9.17) is 11.0 Å². The molecule has 0 atom stereocenters. The summed E-state index contributed by atoms with van der Waals surface area (Å²) in [6.07, 6.45) is 1.09.